The number of anilines is 1. The van der Waals surface area contributed by atoms with Crippen molar-refractivity contribution in [2.75, 3.05) is 5.32 Å². The number of nitrogens with one attached hydrogen (secondary N) is 1. The van der Waals surface area contributed by atoms with Crippen molar-refractivity contribution in [3.8, 4) is 0 Å². The minimum atomic E-state index is -0.260. The maximum Gasteiger partial charge on any atom is 0.261 e. The van der Waals surface area contributed by atoms with Crippen molar-refractivity contribution in [1.29, 1.82) is 0 Å². The van der Waals surface area contributed by atoms with Crippen LogP contribution in [-0.2, 0) is 0 Å². The first kappa shape index (κ1) is 13.1. The van der Waals surface area contributed by atoms with Crippen LogP contribution in [0, 0.1) is 13.8 Å². The number of rotatable bonds is 2. The van der Waals surface area contributed by atoms with Gasteiger partial charge in [0.15, 0.2) is 0 Å². The lowest BCUT2D eigenvalue weighted by atomic mass is 10.2. The van der Waals surface area contributed by atoms with Gasteiger partial charge in [-0.15, -0.1) is 0 Å². The van der Waals surface area contributed by atoms with E-state index in [9.17, 15) is 4.79 Å². The molecule has 0 aliphatic heterocycles. The number of aromatic nitrogens is 1. The number of amides is 1. The molecule has 4 nitrogen and oxygen atoms in total. The number of carbonyl (C=O) groups excluding carboxylic acids is 1. The number of nitrogens with zero attached hydrogens (tertiary/aromatic N) is 1. The van der Waals surface area contributed by atoms with Crippen molar-refractivity contribution >= 4 is 39.1 Å². The van der Waals surface area contributed by atoms with Gasteiger partial charge < -0.3 is 9.84 Å². The van der Waals surface area contributed by atoms with E-state index in [0.717, 1.165) is 4.47 Å². The average Bonchev–Trinajstić information content (AvgIpc) is 2.64. The fourth-order valence-corrected chi connectivity index (χ4v) is 2.00. The van der Waals surface area contributed by atoms with E-state index in [4.69, 9.17) is 16.1 Å². The molecule has 0 spiro atoms. The maximum atomic E-state index is 12.0. The zero-order chi connectivity index (χ0) is 13.3. The quantitative estimate of drug-likeness (QED) is 0.907. The molecule has 1 aromatic heterocycles. The van der Waals surface area contributed by atoms with E-state index in [-0.39, 0.29) is 5.91 Å². The van der Waals surface area contributed by atoms with Crippen LogP contribution in [0.25, 0.3) is 0 Å². The summed E-state index contributed by atoms with van der Waals surface area (Å²) in [4.78, 5) is 12.0. The molecular weight excluding hydrogens is 320 g/mol. The van der Waals surface area contributed by atoms with Crippen LogP contribution in [0.1, 0.15) is 21.8 Å². The summed E-state index contributed by atoms with van der Waals surface area (Å²) in [7, 11) is 0. The SMILES string of the molecule is Cc1noc(C)c1C(=O)Nc1ccc(Br)c(Cl)c1. The van der Waals surface area contributed by atoms with Gasteiger partial charge in [0.2, 0.25) is 0 Å². The van der Waals surface area contributed by atoms with E-state index in [1.165, 1.54) is 0 Å². The Bertz CT molecular complexity index is 591. The van der Waals surface area contributed by atoms with Gasteiger partial charge in [-0.3, -0.25) is 4.79 Å². The monoisotopic (exact) mass is 328 g/mol. The Labute approximate surface area is 117 Å². The second kappa shape index (κ2) is 5.12. The molecule has 0 atom stereocenters. The smallest absolute Gasteiger partial charge is 0.261 e. The first-order valence-electron chi connectivity index (χ1n) is 5.18. The van der Waals surface area contributed by atoms with Gasteiger partial charge in [-0.2, -0.15) is 0 Å². The summed E-state index contributed by atoms with van der Waals surface area (Å²) < 4.78 is 5.73. The predicted molar refractivity (Wildman–Crippen MR) is 73.1 cm³/mol. The maximum absolute atomic E-state index is 12.0. The summed E-state index contributed by atoms with van der Waals surface area (Å²) in [5, 5.41) is 7.02. The molecule has 2 rings (SSSR count). The van der Waals surface area contributed by atoms with E-state index in [0.29, 0.717) is 27.7 Å². The van der Waals surface area contributed by atoms with Gasteiger partial charge in [-0.1, -0.05) is 16.8 Å². The van der Waals surface area contributed by atoms with Gasteiger partial charge in [-0.05, 0) is 48.0 Å². The van der Waals surface area contributed by atoms with Gasteiger partial charge >= 0.3 is 0 Å². The molecule has 0 aliphatic rings. The van der Waals surface area contributed by atoms with Crippen molar-refractivity contribution < 1.29 is 9.32 Å². The molecule has 1 N–H and O–H groups in total. The highest BCUT2D eigenvalue weighted by Crippen LogP contribution is 2.26. The van der Waals surface area contributed by atoms with Crippen molar-refractivity contribution in [3.63, 3.8) is 0 Å². The van der Waals surface area contributed by atoms with Crippen molar-refractivity contribution in [2.45, 2.75) is 13.8 Å². The van der Waals surface area contributed by atoms with Gasteiger partial charge in [-0.25, -0.2) is 0 Å². The van der Waals surface area contributed by atoms with Crippen molar-refractivity contribution in [2.24, 2.45) is 0 Å². The van der Waals surface area contributed by atoms with E-state index < -0.39 is 0 Å². The molecule has 1 aromatic carbocycles. The fourth-order valence-electron chi connectivity index (χ4n) is 1.57. The number of benzene rings is 1. The van der Waals surface area contributed by atoms with Gasteiger partial charge in [0, 0.05) is 10.2 Å². The van der Waals surface area contributed by atoms with Crippen LogP contribution in [0.2, 0.25) is 5.02 Å². The van der Waals surface area contributed by atoms with Crippen LogP contribution in [0.4, 0.5) is 5.69 Å². The lowest BCUT2D eigenvalue weighted by Crippen LogP contribution is -2.13. The van der Waals surface area contributed by atoms with E-state index in [1.807, 2.05) is 0 Å². The number of hydrogen-bond donors (Lipinski definition) is 1. The standard InChI is InChI=1S/C12H10BrClN2O2/c1-6-11(7(2)18-16-6)12(17)15-8-3-4-9(13)10(14)5-8/h3-5H,1-2H3,(H,15,17). The zero-order valence-corrected chi connectivity index (χ0v) is 12.1. The topological polar surface area (TPSA) is 55.1 Å². The third-order valence-corrected chi connectivity index (χ3v) is 3.67. The largest absolute Gasteiger partial charge is 0.361 e. The van der Waals surface area contributed by atoms with Crippen LogP contribution in [0.5, 0.6) is 0 Å². The summed E-state index contributed by atoms with van der Waals surface area (Å²) >= 11 is 9.24. The second-order valence-corrected chi connectivity index (χ2v) is 5.04. The van der Waals surface area contributed by atoms with Gasteiger partial charge in [0.05, 0.1) is 10.7 Å². The van der Waals surface area contributed by atoms with E-state index >= 15 is 0 Å². The molecule has 0 fully saturated rings. The van der Waals surface area contributed by atoms with Crippen LogP contribution in [0.15, 0.2) is 27.2 Å². The minimum Gasteiger partial charge on any atom is -0.361 e. The molecule has 2 aromatic rings. The molecule has 18 heavy (non-hydrogen) atoms. The summed E-state index contributed by atoms with van der Waals surface area (Å²) in [6.07, 6.45) is 0. The molecule has 0 bridgehead atoms. The Morgan fingerprint density at radius 1 is 1.44 bits per heavy atom. The molecule has 0 radical (unpaired) electrons. The zero-order valence-electron chi connectivity index (χ0n) is 9.75. The highest BCUT2D eigenvalue weighted by molar-refractivity contribution is 9.10. The number of aryl methyl sites for hydroxylation is 2. The van der Waals surface area contributed by atoms with Crippen LogP contribution in [0.3, 0.4) is 0 Å². The minimum absolute atomic E-state index is 0.260. The fraction of sp³-hybridized carbons (Fsp3) is 0.167. The molecule has 94 valence electrons. The van der Waals surface area contributed by atoms with Crippen LogP contribution < -0.4 is 5.32 Å². The third kappa shape index (κ3) is 2.57. The van der Waals surface area contributed by atoms with Crippen LogP contribution >= 0.6 is 27.5 Å². The molecule has 6 heteroatoms. The summed E-state index contributed by atoms with van der Waals surface area (Å²) in [6.45, 7) is 3.42. The van der Waals surface area contributed by atoms with E-state index in [2.05, 4.69) is 26.4 Å². The van der Waals surface area contributed by atoms with Crippen LogP contribution in [-0.4, -0.2) is 11.1 Å². The third-order valence-electron chi connectivity index (χ3n) is 2.44. The summed E-state index contributed by atoms with van der Waals surface area (Å²) in [6, 6.07) is 5.19. The van der Waals surface area contributed by atoms with Gasteiger partial charge in [0.25, 0.3) is 5.91 Å². The number of halogens is 2. The Kier molecular flexibility index (Phi) is 3.73. The Balaban J connectivity index is 2.24. The number of hydrogen-bond acceptors (Lipinski definition) is 3. The molecular formula is C12H10BrClN2O2. The predicted octanol–water partition coefficient (Wildman–Crippen LogP) is 3.96. The molecule has 1 amide bonds. The van der Waals surface area contributed by atoms with E-state index in [1.54, 1.807) is 32.0 Å². The highest BCUT2D eigenvalue weighted by Gasteiger charge is 2.17. The highest BCUT2D eigenvalue weighted by atomic mass is 79.9. The molecule has 0 saturated heterocycles. The summed E-state index contributed by atoms with van der Waals surface area (Å²) in [5.74, 6) is 0.234. The lowest BCUT2D eigenvalue weighted by molar-refractivity contribution is 0.102. The van der Waals surface area contributed by atoms with Crippen molar-refractivity contribution in [1.82, 2.24) is 5.16 Å². The average molecular weight is 330 g/mol. The Morgan fingerprint density at radius 3 is 2.72 bits per heavy atom. The molecule has 0 unspecified atom stereocenters. The lowest BCUT2D eigenvalue weighted by Gasteiger charge is -2.05. The first-order chi connectivity index (χ1) is 8.49. The summed E-state index contributed by atoms with van der Waals surface area (Å²) in [5.41, 5.74) is 1.63. The van der Waals surface area contributed by atoms with Gasteiger partial charge in [0.1, 0.15) is 11.3 Å². The molecule has 0 saturated carbocycles. The molecule has 1 heterocycles. The van der Waals surface area contributed by atoms with Crippen molar-refractivity contribution in [3.05, 3.63) is 44.7 Å². The Hall–Kier alpha value is -1.33. The normalized spacial score (nSPS) is 10.4. The first-order valence-corrected chi connectivity index (χ1v) is 6.35. The Morgan fingerprint density at radius 2 is 2.17 bits per heavy atom. The second-order valence-electron chi connectivity index (χ2n) is 3.78. The number of carbonyl (C=O) groups is 1. The molecule has 0 aliphatic carbocycles.